The Morgan fingerprint density at radius 2 is 1.62 bits per heavy atom. The number of anilines is 2. The van der Waals surface area contributed by atoms with Gasteiger partial charge in [0, 0.05) is 50.6 Å². The van der Waals surface area contributed by atoms with E-state index >= 15 is 0 Å². The monoisotopic (exact) mass is 682 g/mol. The van der Waals surface area contributed by atoms with Crippen LogP contribution in [0.1, 0.15) is 68.6 Å². The molecule has 3 saturated heterocycles. The predicted molar refractivity (Wildman–Crippen MR) is 190 cm³/mol. The number of nitrogens with zero attached hydrogens (tertiary/aromatic N) is 4. The molecule has 1 aromatic heterocycles. The summed E-state index contributed by atoms with van der Waals surface area (Å²) >= 11 is 8.14. The lowest BCUT2D eigenvalue weighted by Crippen LogP contribution is -2.50. The molecule has 4 amide bonds. The predicted octanol–water partition coefficient (Wildman–Crippen LogP) is 5.76. The Morgan fingerprint density at radius 3 is 2.30 bits per heavy atom. The van der Waals surface area contributed by atoms with Gasteiger partial charge in [0.15, 0.2) is 0 Å². The van der Waals surface area contributed by atoms with Crippen molar-refractivity contribution < 1.29 is 14.4 Å². The van der Waals surface area contributed by atoms with Gasteiger partial charge in [-0.3, -0.25) is 9.59 Å². The SMILES string of the molecule is CCc1cc(C[C@@H](CC(=O)N2CCC(N3CCc4cscc4NC3=O)CC2)C(=O)N2CCC(C3CCN(C)CC3)CC2)cc(Cl)c1N. The number of urea groups is 1. The van der Waals surface area contributed by atoms with Crippen LogP contribution < -0.4 is 11.1 Å². The molecule has 0 bridgehead atoms. The van der Waals surface area contributed by atoms with Crippen molar-refractivity contribution >= 4 is 52.2 Å². The van der Waals surface area contributed by atoms with Crippen molar-refractivity contribution in [1.82, 2.24) is 19.6 Å². The molecule has 0 spiro atoms. The van der Waals surface area contributed by atoms with Gasteiger partial charge in [-0.2, -0.15) is 0 Å². The highest BCUT2D eigenvalue weighted by Gasteiger charge is 2.36. The fourth-order valence-electron chi connectivity index (χ4n) is 8.30. The summed E-state index contributed by atoms with van der Waals surface area (Å²) in [6.45, 7) is 7.76. The minimum absolute atomic E-state index is 0.0162. The number of piperidine rings is 3. The van der Waals surface area contributed by atoms with Gasteiger partial charge in [-0.05, 0) is 118 Å². The van der Waals surface area contributed by atoms with Gasteiger partial charge in [0.25, 0.3) is 0 Å². The van der Waals surface area contributed by atoms with Crippen LogP contribution in [-0.2, 0) is 28.9 Å². The van der Waals surface area contributed by atoms with E-state index in [1.165, 1.54) is 18.4 Å². The van der Waals surface area contributed by atoms with E-state index in [9.17, 15) is 14.4 Å². The molecule has 9 nitrogen and oxygen atoms in total. The topological polar surface area (TPSA) is 102 Å². The van der Waals surface area contributed by atoms with Crippen molar-refractivity contribution in [2.75, 3.05) is 63.9 Å². The van der Waals surface area contributed by atoms with E-state index in [-0.39, 0.29) is 30.3 Å². The Morgan fingerprint density at radius 1 is 0.957 bits per heavy atom. The molecule has 1 atom stereocenters. The number of rotatable bonds is 8. The number of aryl methyl sites for hydroxylation is 1. The maximum Gasteiger partial charge on any atom is 0.322 e. The van der Waals surface area contributed by atoms with Crippen molar-refractivity contribution in [2.45, 2.75) is 77.2 Å². The van der Waals surface area contributed by atoms with Gasteiger partial charge in [-0.1, -0.05) is 24.6 Å². The summed E-state index contributed by atoms with van der Waals surface area (Å²) in [7, 11) is 2.20. The Bertz CT molecular complexity index is 1430. The number of benzene rings is 1. The molecule has 11 heteroatoms. The fraction of sp³-hybridized carbons (Fsp3) is 0.639. The molecular formula is C36H51ClN6O3S. The summed E-state index contributed by atoms with van der Waals surface area (Å²) in [6.07, 6.45) is 8.28. The number of thiophene rings is 1. The average Bonchev–Trinajstić information content (AvgIpc) is 3.46. The fourth-order valence-corrected chi connectivity index (χ4v) is 9.38. The summed E-state index contributed by atoms with van der Waals surface area (Å²) in [5.74, 6) is 1.06. The molecule has 1 aromatic carbocycles. The van der Waals surface area contributed by atoms with Crippen molar-refractivity contribution in [1.29, 1.82) is 0 Å². The number of amides is 4. The lowest BCUT2D eigenvalue weighted by atomic mass is 9.78. The minimum atomic E-state index is -0.459. The zero-order chi connectivity index (χ0) is 33.1. The first-order chi connectivity index (χ1) is 22.7. The van der Waals surface area contributed by atoms with Crippen molar-refractivity contribution in [2.24, 2.45) is 17.8 Å². The standard InChI is InChI=1S/C36H51ClN6O3S/c1-3-25-18-24(20-31(37)34(25)38)19-29(35(45)42-13-6-27(7-14-42)26-4-11-40(2)12-5-26)21-33(44)41-15-9-30(10-16-41)43-17-8-28-22-47-23-32(28)39-36(43)46/h18,20,22-23,26-27,29-30H,3-17,19,21,38H2,1-2H3,(H,39,46)/t29-/m0/s1. The summed E-state index contributed by atoms with van der Waals surface area (Å²) in [5.41, 5.74) is 10.9. The molecule has 0 unspecified atom stereocenters. The number of nitrogen functional groups attached to an aromatic ring is 1. The Kier molecular flexibility index (Phi) is 11.0. The average molecular weight is 683 g/mol. The molecule has 0 aliphatic carbocycles. The first-order valence-corrected chi connectivity index (χ1v) is 19.0. The van der Waals surface area contributed by atoms with Crippen LogP contribution in [0.3, 0.4) is 0 Å². The number of hydrogen-bond acceptors (Lipinski definition) is 6. The summed E-state index contributed by atoms with van der Waals surface area (Å²) in [6, 6.07) is 3.96. The van der Waals surface area contributed by atoms with Crippen molar-refractivity contribution in [3.63, 3.8) is 0 Å². The van der Waals surface area contributed by atoms with Crippen LogP contribution in [0.25, 0.3) is 0 Å². The van der Waals surface area contributed by atoms with E-state index in [1.54, 1.807) is 11.3 Å². The number of halogens is 1. The van der Waals surface area contributed by atoms with E-state index in [4.69, 9.17) is 17.3 Å². The van der Waals surface area contributed by atoms with Crippen molar-refractivity contribution in [3.05, 3.63) is 44.6 Å². The van der Waals surface area contributed by atoms with Crippen molar-refractivity contribution in [3.8, 4) is 0 Å². The number of likely N-dealkylation sites (tertiary alicyclic amines) is 3. The highest BCUT2D eigenvalue weighted by molar-refractivity contribution is 7.08. The molecule has 4 aliphatic heterocycles. The molecule has 3 N–H and O–H groups in total. The second kappa shape index (κ2) is 15.2. The number of carbonyl (C=O) groups is 3. The molecule has 256 valence electrons. The van der Waals surface area contributed by atoms with E-state index in [1.807, 2.05) is 33.1 Å². The van der Waals surface area contributed by atoms with Crippen LogP contribution in [0.15, 0.2) is 22.9 Å². The van der Waals surface area contributed by atoms with Gasteiger partial charge in [-0.15, -0.1) is 11.3 Å². The molecule has 0 saturated carbocycles. The summed E-state index contributed by atoms with van der Waals surface area (Å²) in [4.78, 5) is 49.4. The second-order valence-corrected chi connectivity index (χ2v) is 15.4. The Labute approximate surface area is 288 Å². The number of carbonyl (C=O) groups excluding carboxylic acids is 3. The Hall–Kier alpha value is -2.82. The van der Waals surface area contributed by atoms with Gasteiger partial charge < -0.3 is 30.7 Å². The third kappa shape index (κ3) is 7.92. The van der Waals surface area contributed by atoms with Gasteiger partial charge in [0.1, 0.15) is 0 Å². The molecule has 5 heterocycles. The van der Waals surface area contributed by atoms with E-state index < -0.39 is 5.92 Å². The van der Waals surface area contributed by atoms with E-state index in [2.05, 4.69) is 28.7 Å². The first kappa shape index (κ1) is 34.1. The molecule has 6 rings (SSSR count). The molecule has 2 aromatic rings. The van der Waals surface area contributed by atoms with Gasteiger partial charge in [0.2, 0.25) is 11.8 Å². The lowest BCUT2D eigenvalue weighted by molar-refractivity contribution is -0.143. The zero-order valence-electron chi connectivity index (χ0n) is 28.0. The molecule has 0 radical (unpaired) electrons. The van der Waals surface area contributed by atoms with Gasteiger partial charge >= 0.3 is 6.03 Å². The highest BCUT2D eigenvalue weighted by Crippen LogP contribution is 2.34. The summed E-state index contributed by atoms with van der Waals surface area (Å²) in [5, 5.41) is 7.68. The van der Waals surface area contributed by atoms with Crippen LogP contribution in [0.4, 0.5) is 16.2 Å². The van der Waals surface area contributed by atoms with Crippen LogP contribution in [-0.4, -0.2) is 96.3 Å². The van der Waals surface area contributed by atoms with Crippen LogP contribution in [0, 0.1) is 17.8 Å². The molecular weight excluding hydrogens is 632 g/mol. The highest BCUT2D eigenvalue weighted by atomic mass is 35.5. The maximum absolute atomic E-state index is 14.2. The number of nitrogens with one attached hydrogen (secondary N) is 1. The largest absolute Gasteiger partial charge is 0.397 e. The second-order valence-electron chi connectivity index (χ2n) is 14.2. The number of fused-ring (bicyclic) bond motifs is 1. The minimum Gasteiger partial charge on any atom is -0.397 e. The first-order valence-electron chi connectivity index (χ1n) is 17.6. The zero-order valence-corrected chi connectivity index (χ0v) is 29.6. The normalized spacial score (nSPS) is 21.3. The third-order valence-electron chi connectivity index (χ3n) is 11.3. The van der Waals surface area contributed by atoms with E-state index in [0.29, 0.717) is 42.7 Å². The molecule has 3 fully saturated rings. The summed E-state index contributed by atoms with van der Waals surface area (Å²) < 4.78 is 0. The van der Waals surface area contributed by atoms with Gasteiger partial charge in [0.05, 0.1) is 22.3 Å². The third-order valence-corrected chi connectivity index (χ3v) is 12.4. The lowest BCUT2D eigenvalue weighted by Gasteiger charge is -2.40. The van der Waals surface area contributed by atoms with Gasteiger partial charge in [-0.25, -0.2) is 4.79 Å². The quantitative estimate of drug-likeness (QED) is 0.345. The van der Waals surface area contributed by atoms with Crippen LogP contribution in [0.5, 0.6) is 0 Å². The van der Waals surface area contributed by atoms with Crippen LogP contribution in [0.2, 0.25) is 5.02 Å². The smallest absolute Gasteiger partial charge is 0.322 e. The number of hydrogen-bond donors (Lipinski definition) is 2. The molecule has 4 aliphatic rings. The van der Waals surface area contributed by atoms with Crippen LogP contribution >= 0.6 is 22.9 Å². The van der Waals surface area contributed by atoms with E-state index in [0.717, 1.165) is 87.4 Å². The maximum atomic E-state index is 14.2. The molecule has 47 heavy (non-hydrogen) atoms. The number of nitrogens with two attached hydrogens (primary N) is 1. The Balaban J connectivity index is 1.09.